The molecule has 2 heterocycles. The number of carbonyl (C=O) groups excluding carboxylic acids is 1. The molecule has 1 atom stereocenters. The van der Waals surface area contributed by atoms with Gasteiger partial charge in [-0.05, 0) is 83.3 Å². The molecular weight excluding hydrogens is 336 g/mol. The molecule has 1 amide bonds. The first kappa shape index (κ1) is 19.7. The van der Waals surface area contributed by atoms with Gasteiger partial charge in [0.05, 0.1) is 0 Å². The Balaban J connectivity index is 1.69. The van der Waals surface area contributed by atoms with Crippen molar-refractivity contribution in [2.75, 3.05) is 6.54 Å². The van der Waals surface area contributed by atoms with Gasteiger partial charge in [-0.2, -0.15) is 0 Å². The number of amides is 1. The van der Waals surface area contributed by atoms with Crippen molar-refractivity contribution in [2.24, 2.45) is 5.41 Å². The summed E-state index contributed by atoms with van der Waals surface area (Å²) in [6.45, 7) is 10.9. The van der Waals surface area contributed by atoms with Crippen molar-refractivity contribution >= 4 is 6.09 Å². The number of aromatic nitrogens is 1. The molecule has 1 unspecified atom stereocenters. The Labute approximate surface area is 163 Å². The number of ether oxygens (including phenoxy) is 1. The molecule has 4 heteroatoms. The van der Waals surface area contributed by atoms with Crippen LogP contribution < -0.4 is 0 Å². The third kappa shape index (κ3) is 4.64. The molecule has 0 radical (unpaired) electrons. The molecular formula is C23H32N2O2. The van der Waals surface area contributed by atoms with E-state index in [-0.39, 0.29) is 17.0 Å². The second kappa shape index (κ2) is 7.19. The Bertz CT molecular complexity index is 765. The van der Waals surface area contributed by atoms with Crippen LogP contribution in [0, 0.1) is 24.2 Å². The normalized spacial score (nSPS) is 24.0. The minimum atomic E-state index is -0.449. The van der Waals surface area contributed by atoms with Crippen LogP contribution in [0.5, 0.6) is 0 Å². The summed E-state index contributed by atoms with van der Waals surface area (Å²) in [4.78, 5) is 19.2. The van der Waals surface area contributed by atoms with Crippen LogP contribution >= 0.6 is 0 Å². The van der Waals surface area contributed by atoms with Crippen molar-refractivity contribution in [1.29, 1.82) is 0 Å². The van der Waals surface area contributed by atoms with Crippen molar-refractivity contribution in [3.05, 3.63) is 29.6 Å². The van der Waals surface area contributed by atoms with Crippen molar-refractivity contribution in [3.63, 3.8) is 0 Å². The predicted octanol–water partition coefficient (Wildman–Crippen LogP) is 5.09. The van der Waals surface area contributed by atoms with Crippen LogP contribution in [0.25, 0.3) is 0 Å². The third-order valence-corrected chi connectivity index (χ3v) is 5.79. The lowest BCUT2D eigenvalue weighted by Crippen LogP contribution is -2.62. The largest absolute Gasteiger partial charge is 0.444 e. The van der Waals surface area contributed by atoms with Gasteiger partial charge < -0.3 is 9.64 Å². The minimum Gasteiger partial charge on any atom is -0.444 e. The molecule has 1 aliphatic heterocycles. The molecule has 1 aromatic heterocycles. The molecule has 4 nitrogen and oxygen atoms in total. The summed E-state index contributed by atoms with van der Waals surface area (Å²) in [7, 11) is 0. The number of hydrogen-bond acceptors (Lipinski definition) is 3. The predicted molar refractivity (Wildman–Crippen MR) is 107 cm³/mol. The highest BCUT2D eigenvalue weighted by Gasteiger charge is 2.52. The van der Waals surface area contributed by atoms with E-state index in [2.05, 4.69) is 23.7 Å². The summed E-state index contributed by atoms with van der Waals surface area (Å²) < 4.78 is 5.68. The maximum atomic E-state index is 12.7. The number of aryl methyl sites for hydroxylation is 1. The van der Waals surface area contributed by atoms with Crippen LogP contribution in [0.3, 0.4) is 0 Å². The summed E-state index contributed by atoms with van der Waals surface area (Å²) >= 11 is 0. The molecule has 0 N–H and O–H groups in total. The van der Waals surface area contributed by atoms with E-state index in [0.29, 0.717) is 0 Å². The fourth-order valence-electron chi connectivity index (χ4n) is 4.34. The Kier molecular flexibility index (Phi) is 5.25. The molecule has 1 aromatic rings. The average Bonchev–Trinajstić information content (AvgIpc) is 2.51. The highest BCUT2D eigenvalue weighted by Crippen LogP contribution is 2.52. The number of pyridine rings is 1. The Morgan fingerprint density at radius 3 is 2.63 bits per heavy atom. The van der Waals surface area contributed by atoms with E-state index in [9.17, 15) is 4.79 Å². The van der Waals surface area contributed by atoms with Crippen LogP contribution in [0.15, 0.2) is 18.2 Å². The lowest BCUT2D eigenvalue weighted by atomic mass is 9.61. The highest BCUT2D eigenvalue weighted by atomic mass is 16.6. The molecule has 2 fully saturated rings. The average molecular weight is 369 g/mol. The van der Waals surface area contributed by atoms with E-state index in [1.165, 1.54) is 6.42 Å². The molecule has 146 valence electrons. The fourth-order valence-corrected chi connectivity index (χ4v) is 4.34. The van der Waals surface area contributed by atoms with E-state index >= 15 is 0 Å². The summed E-state index contributed by atoms with van der Waals surface area (Å²) in [5.74, 6) is 6.58. The van der Waals surface area contributed by atoms with E-state index in [1.807, 2.05) is 50.8 Å². The van der Waals surface area contributed by atoms with Crippen molar-refractivity contribution in [2.45, 2.75) is 84.3 Å². The van der Waals surface area contributed by atoms with Gasteiger partial charge in [-0.3, -0.25) is 0 Å². The molecule has 27 heavy (non-hydrogen) atoms. The van der Waals surface area contributed by atoms with Gasteiger partial charge in [0.1, 0.15) is 11.3 Å². The van der Waals surface area contributed by atoms with Crippen LogP contribution in [-0.4, -0.2) is 33.7 Å². The summed E-state index contributed by atoms with van der Waals surface area (Å²) in [6.07, 6.45) is 6.00. The molecule has 2 aliphatic rings. The molecule has 1 saturated heterocycles. The van der Waals surface area contributed by atoms with Gasteiger partial charge in [-0.1, -0.05) is 18.9 Å². The molecule has 0 bridgehead atoms. The van der Waals surface area contributed by atoms with Crippen molar-refractivity contribution in [1.82, 2.24) is 9.88 Å². The SMILES string of the molecule is Cc1cccc(C#CCC2(C)CCN(C(=O)OC(C)(C)C)C3(CCC3)C2)n1. The Hall–Kier alpha value is -2.02. The Morgan fingerprint density at radius 1 is 1.30 bits per heavy atom. The molecule has 0 aromatic carbocycles. The van der Waals surface area contributed by atoms with Crippen molar-refractivity contribution in [3.8, 4) is 11.8 Å². The molecule has 3 rings (SSSR count). The number of hydrogen-bond donors (Lipinski definition) is 0. The Morgan fingerprint density at radius 2 is 2.04 bits per heavy atom. The first-order valence-corrected chi connectivity index (χ1v) is 10.0. The number of likely N-dealkylation sites (tertiary alicyclic amines) is 1. The monoisotopic (exact) mass is 368 g/mol. The van der Waals surface area contributed by atoms with Gasteiger partial charge in [0.25, 0.3) is 0 Å². The zero-order valence-corrected chi connectivity index (χ0v) is 17.4. The van der Waals surface area contributed by atoms with E-state index in [0.717, 1.165) is 50.0 Å². The third-order valence-electron chi connectivity index (χ3n) is 5.79. The van der Waals surface area contributed by atoms with Crippen LogP contribution in [-0.2, 0) is 4.74 Å². The fraction of sp³-hybridized carbons (Fsp3) is 0.652. The zero-order valence-electron chi connectivity index (χ0n) is 17.4. The second-order valence-corrected chi connectivity index (χ2v) is 9.59. The quantitative estimate of drug-likeness (QED) is 0.648. The maximum Gasteiger partial charge on any atom is 0.410 e. The number of carbonyl (C=O) groups is 1. The van der Waals surface area contributed by atoms with Crippen LogP contribution in [0.4, 0.5) is 4.79 Å². The first-order chi connectivity index (χ1) is 12.6. The second-order valence-electron chi connectivity index (χ2n) is 9.59. The molecule has 1 spiro atoms. The first-order valence-electron chi connectivity index (χ1n) is 10.0. The zero-order chi connectivity index (χ0) is 19.7. The summed E-state index contributed by atoms with van der Waals surface area (Å²) in [6, 6.07) is 5.94. The molecule has 1 aliphatic carbocycles. The van der Waals surface area contributed by atoms with Gasteiger partial charge in [0.2, 0.25) is 0 Å². The van der Waals surface area contributed by atoms with Crippen LogP contribution in [0.2, 0.25) is 0 Å². The lowest BCUT2D eigenvalue weighted by molar-refractivity contribution is -0.0726. The maximum absolute atomic E-state index is 12.7. The standard InChI is InChI=1S/C23H32N2O2/c1-18-9-6-10-19(24-18)11-7-12-22(5)15-16-25(20(26)27-21(2,3)4)23(17-22)13-8-14-23/h6,9-10H,8,12-17H2,1-5H3. The van der Waals surface area contributed by atoms with Gasteiger partial charge in [0.15, 0.2) is 0 Å². The van der Waals surface area contributed by atoms with Gasteiger partial charge >= 0.3 is 6.09 Å². The van der Waals surface area contributed by atoms with Crippen molar-refractivity contribution < 1.29 is 9.53 Å². The highest BCUT2D eigenvalue weighted by molar-refractivity contribution is 5.69. The number of nitrogens with zero attached hydrogens (tertiary/aromatic N) is 2. The molecule has 1 saturated carbocycles. The van der Waals surface area contributed by atoms with Gasteiger partial charge in [0, 0.05) is 24.2 Å². The van der Waals surface area contributed by atoms with Crippen LogP contribution in [0.1, 0.15) is 77.6 Å². The van der Waals surface area contributed by atoms with E-state index in [4.69, 9.17) is 4.74 Å². The van der Waals surface area contributed by atoms with E-state index < -0.39 is 5.60 Å². The number of rotatable bonds is 1. The topological polar surface area (TPSA) is 42.4 Å². The smallest absolute Gasteiger partial charge is 0.410 e. The van der Waals surface area contributed by atoms with Gasteiger partial charge in [-0.15, -0.1) is 0 Å². The lowest BCUT2D eigenvalue weighted by Gasteiger charge is -2.57. The summed E-state index contributed by atoms with van der Waals surface area (Å²) in [5.41, 5.74) is 1.49. The number of piperidine rings is 1. The van der Waals surface area contributed by atoms with Gasteiger partial charge in [-0.25, -0.2) is 9.78 Å². The van der Waals surface area contributed by atoms with E-state index in [1.54, 1.807) is 0 Å². The summed E-state index contributed by atoms with van der Waals surface area (Å²) in [5, 5.41) is 0. The minimum absolute atomic E-state index is 0.0292.